The molecule has 0 aromatic heterocycles. The van der Waals surface area contributed by atoms with Crippen molar-refractivity contribution in [3.05, 3.63) is 0 Å². The van der Waals surface area contributed by atoms with Gasteiger partial charge in [0.2, 0.25) is 11.8 Å². The molecule has 1 N–H and O–H groups in total. The van der Waals surface area contributed by atoms with Gasteiger partial charge in [0, 0.05) is 13.1 Å². The lowest BCUT2D eigenvalue weighted by atomic mass is 10.2. The number of aliphatic hydroxyl groups excluding tert-OH is 1. The Morgan fingerprint density at radius 1 is 1.18 bits per heavy atom. The number of aliphatic hydroxyl groups is 1. The predicted molar refractivity (Wildman–Crippen MR) is 64.4 cm³/mol. The van der Waals surface area contributed by atoms with Crippen molar-refractivity contribution in [1.29, 1.82) is 0 Å². The molecule has 1 rings (SSSR count). The minimum Gasteiger partial charge on any atom is -0.393 e. The topological polar surface area (TPSA) is 60.9 Å². The third kappa shape index (κ3) is 4.34. The van der Waals surface area contributed by atoms with Crippen LogP contribution in [0.3, 0.4) is 0 Å². The van der Waals surface area contributed by atoms with Crippen molar-refractivity contribution in [2.45, 2.75) is 39.2 Å². The van der Waals surface area contributed by atoms with E-state index in [1.54, 1.807) is 16.7 Å². The van der Waals surface area contributed by atoms with E-state index in [-0.39, 0.29) is 31.0 Å². The summed E-state index contributed by atoms with van der Waals surface area (Å²) >= 11 is 0. The van der Waals surface area contributed by atoms with Crippen LogP contribution < -0.4 is 0 Å². The lowest BCUT2D eigenvalue weighted by Crippen LogP contribution is -2.54. The van der Waals surface area contributed by atoms with Gasteiger partial charge in [-0.3, -0.25) is 9.59 Å². The highest BCUT2D eigenvalue weighted by atomic mass is 16.3. The number of rotatable bonds is 6. The molecule has 1 atom stereocenters. The molecule has 0 spiro atoms. The fourth-order valence-corrected chi connectivity index (χ4v) is 1.96. The van der Waals surface area contributed by atoms with Gasteiger partial charge in [0.05, 0.1) is 19.2 Å². The van der Waals surface area contributed by atoms with E-state index in [2.05, 4.69) is 0 Å². The van der Waals surface area contributed by atoms with Gasteiger partial charge in [-0.15, -0.1) is 0 Å². The Hall–Kier alpha value is -1.10. The molecule has 1 aliphatic rings. The van der Waals surface area contributed by atoms with Crippen LogP contribution in [0.2, 0.25) is 0 Å². The summed E-state index contributed by atoms with van der Waals surface area (Å²) in [4.78, 5) is 26.7. The molecular formula is C12H22N2O3. The van der Waals surface area contributed by atoms with Crippen molar-refractivity contribution >= 4 is 11.8 Å². The Morgan fingerprint density at radius 3 is 2.18 bits per heavy atom. The first-order valence-corrected chi connectivity index (χ1v) is 6.28. The highest BCUT2D eigenvalue weighted by Crippen LogP contribution is 2.07. The summed E-state index contributed by atoms with van der Waals surface area (Å²) in [5, 5.41) is 9.13. The van der Waals surface area contributed by atoms with Gasteiger partial charge in [-0.2, -0.15) is 0 Å². The maximum absolute atomic E-state index is 11.8. The lowest BCUT2D eigenvalue weighted by Gasteiger charge is -2.33. The first-order valence-electron chi connectivity index (χ1n) is 6.28. The van der Waals surface area contributed by atoms with Crippen LogP contribution in [-0.4, -0.2) is 59.0 Å². The monoisotopic (exact) mass is 242 g/mol. The van der Waals surface area contributed by atoms with Gasteiger partial charge in [-0.25, -0.2) is 0 Å². The number of amides is 2. The summed E-state index contributed by atoms with van der Waals surface area (Å²) < 4.78 is 0. The molecule has 1 saturated heterocycles. The van der Waals surface area contributed by atoms with E-state index in [1.807, 2.05) is 6.92 Å². The molecule has 98 valence electrons. The van der Waals surface area contributed by atoms with Gasteiger partial charge in [0.25, 0.3) is 0 Å². The highest BCUT2D eigenvalue weighted by molar-refractivity contribution is 5.92. The van der Waals surface area contributed by atoms with Crippen molar-refractivity contribution in [2.24, 2.45) is 0 Å². The second-order valence-electron chi connectivity index (χ2n) is 4.62. The first-order chi connectivity index (χ1) is 8.04. The Kier molecular flexibility index (Phi) is 5.41. The zero-order chi connectivity index (χ0) is 12.8. The molecule has 1 fully saturated rings. The van der Waals surface area contributed by atoms with Crippen molar-refractivity contribution in [1.82, 2.24) is 9.80 Å². The molecule has 2 amide bonds. The van der Waals surface area contributed by atoms with Crippen LogP contribution in [0.4, 0.5) is 0 Å². The molecule has 1 unspecified atom stereocenters. The van der Waals surface area contributed by atoms with E-state index >= 15 is 0 Å². The molecule has 0 aliphatic carbocycles. The summed E-state index contributed by atoms with van der Waals surface area (Å²) in [7, 11) is 0. The number of carbonyl (C=O) groups excluding carboxylic acids is 2. The second kappa shape index (κ2) is 6.59. The van der Waals surface area contributed by atoms with Crippen LogP contribution in [0.25, 0.3) is 0 Å². The SMILES string of the molecule is CCCN1CC(=O)N(CCCC(C)O)CC1=O. The van der Waals surface area contributed by atoms with E-state index in [9.17, 15) is 9.59 Å². The minimum absolute atomic E-state index is 0.0173. The number of piperazine rings is 1. The van der Waals surface area contributed by atoms with Gasteiger partial charge < -0.3 is 14.9 Å². The molecule has 0 radical (unpaired) electrons. The summed E-state index contributed by atoms with van der Waals surface area (Å²) in [6, 6.07) is 0. The average molecular weight is 242 g/mol. The van der Waals surface area contributed by atoms with E-state index in [0.717, 1.165) is 12.8 Å². The molecule has 5 nitrogen and oxygen atoms in total. The minimum atomic E-state index is -0.345. The van der Waals surface area contributed by atoms with Gasteiger partial charge in [-0.05, 0) is 26.2 Å². The van der Waals surface area contributed by atoms with Crippen molar-refractivity contribution in [3.8, 4) is 0 Å². The molecule has 1 heterocycles. The summed E-state index contributed by atoms with van der Waals surface area (Å²) in [5.41, 5.74) is 0. The molecule has 0 saturated carbocycles. The lowest BCUT2D eigenvalue weighted by molar-refractivity contribution is -0.150. The molecule has 0 aromatic carbocycles. The van der Waals surface area contributed by atoms with Crippen LogP contribution in [0.5, 0.6) is 0 Å². The molecule has 0 bridgehead atoms. The maximum Gasteiger partial charge on any atom is 0.242 e. The maximum atomic E-state index is 11.8. The molecule has 1 aliphatic heterocycles. The fourth-order valence-electron chi connectivity index (χ4n) is 1.96. The van der Waals surface area contributed by atoms with Gasteiger partial charge in [-0.1, -0.05) is 6.92 Å². The van der Waals surface area contributed by atoms with Crippen molar-refractivity contribution < 1.29 is 14.7 Å². The molecule has 17 heavy (non-hydrogen) atoms. The van der Waals surface area contributed by atoms with Crippen molar-refractivity contribution in [2.75, 3.05) is 26.2 Å². The Morgan fingerprint density at radius 2 is 1.71 bits per heavy atom. The molecular weight excluding hydrogens is 220 g/mol. The summed E-state index contributed by atoms with van der Waals surface area (Å²) in [5.74, 6) is 0.0483. The summed E-state index contributed by atoms with van der Waals surface area (Å²) in [6.45, 7) is 5.35. The summed E-state index contributed by atoms with van der Waals surface area (Å²) in [6.07, 6.45) is 1.93. The van der Waals surface area contributed by atoms with Crippen LogP contribution in [-0.2, 0) is 9.59 Å². The van der Waals surface area contributed by atoms with Crippen LogP contribution in [0, 0.1) is 0 Å². The van der Waals surface area contributed by atoms with Crippen LogP contribution >= 0.6 is 0 Å². The molecule has 5 heteroatoms. The van der Waals surface area contributed by atoms with E-state index < -0.39 is 0 Å². The number of hydrogen-bond acceptors (Lipinski definition) is 3. The van der Waals surface area contributed by atoms with Crippen LogP contribution in [0.1, 0.15) is 33.1 Å². The van der Waals surface area contributed by atoms with Crippen molar-refractivity contribution in [3.63, 3.8) is 0 Å². The van der Waals surface area contributed by atoms with E-state index in [0.29, 0.717) is 19.5 Å². The Balaban J connectivity index is 2.39. The van der Waals surface area contributed by atoms with Gasteiger partial charge in [0.1, 0.15) is 0 Å². The highest BCUT2D eigenvalue weighted by Gasteiger charge is 2.28. The zero-order valence-corrected chi connectivity index (χ0v) is 10.7. The third-order valence-corrected chi connectivity index (χ3v) is 2.90. The average Bonchev–Trinajstić information content (AvgIpc) is 2.24. The first kappa shape index (κ1) is 14.0. The standard InChI is InChI=1S/C12H22N2O3/c1-3-6-13-8-12(17)14(9-11(13)16)7-4-5-10(2)15/h10,15H,3-9H2,1-2H3. The zero-order valence-electron chi connectivity index (χ0n) is 10.7. The number of hydrogen-bond donors (Lipinski definition) is 1. The Bertz CT molecular complexity index is 279. The largest absolute Gasteiger partial charge is 0.393 e. The van der Waals surface area contributed by atoms with E-state index in [4.69, 9.17) is 5.11 Å². The van der Waals surface area contributed by atoms with E-state index in [1.165, 1.54) is 0 Å². The molecule has 0 aromatic rings. The fraction of sp³-hybridized carbons (Fsp3) is 0.833. The predicted octanol–water partition coefficient (Wildman–Crippen LogP) is 0.228. The van der Waals surface area contributed by atoms with Crippen LogP contribution in [0.15, 0.2) is 0 Å². The van der Waals surface area contributed by atoms with Gasteiger partial charge in [0.15, 0.2) is 0 Å². The quantitative estimate of drug-likeness (QED) is 0.725. The normalized spacial score (nSPS) is 18.8. The number of carbonyl (C=O) groups is 2. The smallest absolute Gasteiger partial charge is 0.242 e. The number of nitrogens with zero attached hydrogens (tertiary/aromatic N) is 2. The van der Waals surface area contributed by atoms with Gasteiger partial charge >= 0.3 is 0 Å². The Labute approximate surface area is 102 Å². The third-order valence-electron chi connectivity index (χ3n) is 2.90. The second-order valence-corrected chi connectivity index (χ2v) is 4.62.